The smallest absolute Gasteiger partial charge is 0.238 e. The van der Waals surface area contributed by atoms with Crippen LogP contribution >= 0.6 is 23.4 Å². The summed E-state index contributed by atoms with van der Waals surface area (Å²) in [5, 5.41) is 2.85. The second kappa shape index (κ2) is 9.23. The first kappa shape index (κ1) is 21.7. The second-order valence-electron chi connectivity index (χ2n) is 7.90. The molecule has 0 bridgehead atoms. The number of hydrogen-bond donors (Lipinski definition) is 1. The number of amides is 2. The van der Waals surface area contributed by atoms with Gasteiger partial charge in [0, 0.05) is 17.3 Å². The molecule has 1 saturated heterocycles. The number of alkyl halides is 1. The number of carbonyl (C=O) groups excluding carboxylic acids is 2. The van der Waals surface area contributed by atoms with E-state index in [0.717, 1.165) is 29.8 Å². The molecule has 0 aliphatic carbocycles. The van der Waals surface area contributed by atoms with Crippen molar-refractivity contribution >= 4 is 46.6 Å². The van der Waals surface area contributed by atoms with Crippen LogP contribution in [0.4, 0.5) is 11.4 Å². The number of hydrogen-bond acceptors (Lipinski definition) is 3. The highest BCUT2D eigenvalue weighted by Gasteiger charge is 2.35. The number of thioether (sulfide) groups is 1. The van der Waals surface area contributed by atoms with Crippen molar-refractivity contribution in [2.45, 2.75) is 39.0 Å². The molecule has 1 fully saturated rings. The Kier molecular flexibility index (Phi) is 6.91. The van der Waals surface area contributed by atoms with Crippen molar-refractivity contribution in [3.05, 3.63) is 59.7 Å². The molecule has 0 spiro atoms. The monoisotopic (exact) mass is 430 g/mol. The summed E-state index contributed by atoms with van der Waals surface area (Å²) in [4.78, 5) is 27.0. The molecule has 0 radical (unpaired) electrons. The van der Waals surface area contributed by atoms with Crippen LogP contribution in [0.5, 0.6) is 0 Å². The molecule has 29 heavy (non-hydrogen) atoms. The van der Waals surface area contributed by atoms with Gasteiger partial charge >= 0.3 is 0 Å². The van der Waals surface area contributed by atoms with Gasteiger partial charge in [-0.3, -0.25) is 14.5 Å². The Bertz CT molecular complexity index is 883. The number of aryl methyl sites for hydroxylation is 1. The molecule has 154 valence electrons. The first-order valence-corrected chi connectivity index (χ1v) is 11.4. The molecule has 1 atom stereocenters. The predicted octanol–water partition coefficient (Wildman–Crippen LogP) is 5.62. The molecule has 0 saturated carbocycles. The minimum atomic E-state index is -0.631. The molecular formula is C23H27ClN2O2S. The topological polar surface area (TPSA) is 49.4 Å². The lowest BCUT2D eigenvalue weighted by Gasteiger charge is -2.27. The summed E-state index contributed by atoms with van der Waals surface area (Å²) >= 11 is 7.52. The van der Waals surface area contributed by atoms with Crippen molar-refractivity contribution in [1.82, 2.24) is 0 Å². The zero-order valence-corrected chi connectivity index (χ0v) is 18.6. The molecule has 0 aromatic heterocycles. The van der Waals surface area contributed by atoms with Crippen LogP contribution in [0.25, 0.3) is 0 Å². The second-order valence-corrected chi connectivity index (χ2v) is 9.24. The highest BCUT2D eigenvalue weighted by Crippen LogP contribution is 2.43. The average molecular weight is 431 g/mol. The molecule has 2 aromatic carbocycles. The lowest BCUT2D eigenvalue weighted by atomic mass is 9.95. The number of para-hydroxylation sites is 1. The molecular weight excluding hydrogens is 404 g/mol. The van der Waals surface area contributed by atoms with Gasteiger partial charge in [-0.1, -0.05) is 43.7 Å². The third-order valence-corrected chi connectivity index (χ3v) is 6.92. The van der Waals surface area contributed by atoms with Crippen molar-refractivity contribution in [2.75, 3.05) is 21.8 Å². The van der Waals surface area contributed by atoms with Gasteiger partial charge in [0.2, 0.25) is 11.8 Å². The number of nitrogens with one attached hydrogen (secondary N) is 1. The van der Waals surface area contributed by atoms with Crippen molar-refractivity contribution in [3.8, 4) is 0 Å². The van der Waals surface area contributed by atoms with Crippen molar-refractivity contribution < 1.29 is 9.59 Å². The standard InChI is InChI=1S/C23H27ClN2O2S/c1-4-7-16-8-5-6-9-19(16)26-20(27)14-29-21(26)17-10-12-18(13-11-17)25-22(28)23(2,3)15-24/h5-6,8-13,21H,4,7,14-15H2,1-3H3,(H,25,28)/t21-/m0/s1. The van der Waals surface area contributed by atoms with Gasteiger partial charge in [-0.2, -0.15) is 0 Å². The Labute approximate surface area is 182 Å². The SMILES string of the molecule is CCCc1ccccc1N1C(=O)CS[C@H]1c1ccc(NC(=O)C(C)(C)CCl)cc1. The van der Waals surface area contributed by atoms with Crippen LogP contribution in [0.1, 0.15) is 43.7 Å². The van der Waals surface area contributed by atoms with E-state index in [0.29, 0.717) is 5.75 Å². The molecule has 1 N–H and O–H groups in total. The van der Waals surface area contributed by atoms with Crippen LogP contribution in [0.3, 0.4) is 0 Å². The predicted molar refractivity (Wildman–Crippen MR) is 123 cm³/mol. The van der Waals surface area contributed by atoms with E-state index in [4.69, 9.17) is 11.6 Å². The van der Waals surface area contributed by atoms with Gasteiger partial charge < -0.3 is 5.32 Å². The molecule has 4 nitrogen and oxygen atoms in total. The highest BCUT2D eigenvalue weighted by molar-refractivity contribution is 8.00. The molecule has 2 amide bonds. The van der Waals surface area contributed by atoms with Gasteiger partial charge in [0.25, 0.3) is 0 Å². The van der Waals surface area contributed by atoms with E-state index in [1.165, 1.54) is 5.56 Å². The molecule has 0 unspecified atom stereocenters. The molecule has 2 aromatic rings. The first-order valence-electron chi connectivity index (χ1n) is 9.86. The number of halogens is 1. The summed E-state index contributed by atoms with van der Waals surface area (Å²) < 4.78 is 0. The van der Waals surface area contributed by atoms with E-state index < -0.39 is 5.41 Å². The molecule has 3 rings (SSSR count). The quantitative estimate of drug-likeness (QED) is 0.580. The minimum Gasteiger partial charge on any atom is -0.326 e. The van der Waals surface area contributed by atoms with Crippen LogP contribution < -0.4 is 10.2 Å². The minimum absolute atomic E-state index is 0.0652. The largest absolute Gasteiger partial charge is 0.326 e. The van der Waals surface area contributed by atoms with Crippen molar-refractivity contribution in [3.63, 3.8) is 0 Å². The summed E-state index contributed by atoms with van der Waals surface area (Å²) in [7, 11) is 0. The fourth-order valence-electron chi connectivity index (χ4n) is 3.25. The molecule has 1 aliphatic heterocycles. The molecule has 1 heterocycles. The maximum absolute atomic E-state index is 12.7. The Morgan fingerprint density at radius 1 is 1.21 bits per heavy atom. The summed E-state index contributed by atoms with van der Waals surface area (Å²) in [5.41, 5.74) is 3.33. The van der Waals surface area contributed by atoms with Gasteiger partial charge in [-0.15, -0.1) is 23.4 Å². The summed E-state index contributed by atoms with van der Waals surface area (Å²) in [6.07, 6.45) is 1.97. The van der Waals surface area contributed by atoms with Gasteiger partial charge in [0.1, 0.15) is 5.37 Å². The van der Waals surface area contributed by atoms with E-state index in [2.05, 4.69) is 18.3 Å². The van der Waals surface area contributed by atoms with E-state index in [1.807, 2.05) is 61.2 Å². The Balaban J connectivity index is 1.83. The average Bonchev–Trinajstić information content (AvgIpc) is 3.10. The van der Waals surface area contributed by atoms with Crippen molar-refractivity contribution in [2.24, 2.45) is 5.41 Å². The Morgan fingerprint density at radius 2 is 1.90 bits per heavy atom. The van der Waals surface area contributed by atoms with E-state index >= 15 is 0 Å². The number of carbonyl (C=O) groups is 2. The van der Waals surface area contributed by atoms with E-state index in [9.17, 15) is 9.59 Å². The zero-order chi connectivity index (χ0) is 21.0. The van der Waals surface area contributed by atoms with E-state index in [1.54, 1.807) is 11.8 Å². The maximum Gasteiger partial charge on any atom is 0.238 e. The van der Waals surface area contributed by atoms with Gasteiger partial charge in [-0.05, 0) is 49.6 Å². The summed E-state index contributed by atoms with van der Waals surface area (Å²) in [6, 6.07) is 15.9. The number of anilines is 2. The Morgan fingerprint density at radius 3 is 2.55 bits per heavy atom. The lowest BCUT2D eigenvalue weighted by molar-refractivity contribution is -0.123. The summed E-state index contributed by atoms with van der Waals surface area (Å²) in [6.45, 7) is 5.78. The fourth-order valence-corrected chi connectivity index (χ4v) is 4.54. The van der Waals surface area contributed by atoms with Gasteiger partial charge in [0.05, 0.1) is 11.2 Å². The normalized spacial score (nSPS) is 16.9. The molecule has 1 aliphatic rings. The van der Waals surface area contributed by atoms with Crippen LogP contribution in [-0.4, -0.2) is 23.4 Å². The van der Waals surface area contributed by atoms with E-state index in [-0.39, 0.29) is 23.1 Å². The number of nitrogens with zero attached hydrogens (tertiary/aromatic N) is 1. The third kappa shape index (κ3) is 4.78. The van der Waals surface area contributed by atoms with Crippen LogP contribution in [-0.2, 0) is 16.0 Å². The lowest BCUT2D eigenvalue weighted by Crippen LogP contribution is -2.32. The number of rotatable bonds is 7. The fraction of sp³-hybridized carbons (Fsp3) is 0.391. The molecule has 6 heteroatoms. The highest BCUT2D eigenvalue weighted by atomic mass is 35.5. The first-order chi connectivity index (χ1) is 13.9. The van der Waals surface area contributed by atoms with Gasteiger partial charge in [0.15, 0.2) is 0 Å². The van der Waals surface area contributed by atoms with Crippen molar-refractivity contribution in [1.29, 1.82) is 0 Å². The van der Waals surface area contributed by atoms with Gasteiger partial charge in [-0.25, -0.2) is 0 Å². The third-order valence-electron chi connectivity index (χ3n) is 5.04. The summed E-state index contributed by atoms with van der Waals surface area (Å²) in [5.74, 6) is 0.739. The van der Waals surface area contributed by atoms with Crippen LogP contribution in [0.2, 0.25) is 0 Å². The zero-order valence-electron chi connectivity index (χ0n) is 17.1. The van der Waals surface area contributed by atoms with Crippen LogP contribution in [0.15, 0.2) is 48.5 Å². The van der Waals surface area contributed by atoms with Crippen LogP contribution in [0, 0.1) is 5.41 Å². The maximum atomic E-state index is 12.7. The number of benzene rings is 2. The Hall–Kier alpha value is -1.98.